The van der Waals surface area contributed by atoms with E-state index in [9.17, 15) is 4.39 Å². The van der Waals surface area contributed by atoms with E-state index in [0.717, 1.165) is 18.8 Å². The number of para-hydroxylation sites is 2. The van der Waals surface area contributed by atoms with Crippen molar-refractivity contribution >= 4 is 17.3 Å². The Hall–Kier alpha value is -1.81. The second-order valence-corrected chi connectivity index (χ2v) is 5.07. The standard InChI is InChI=1S/C15H14ClFN2O/c16-15-12(17)9-11(10-18-15)20-14-6-2-1-5-13(14)19-7-3-4-8-19/h1-2,5-6,9-10H,3-4,7-8H2. The summed E-state index contributed by atoms with van der Waals surface area (Å²) < 4.78 is 19.2. The Balaban J connectivity index is 1.88. The van der Waals surface area contributed by atoms with Crippen LogP contribution in [0.4, 0.5) is 10.1 Å². The highest BCUT2D eigenvalue weighted by Crippen LogP contribution is 2.34. The van der Waals surface area contributed by atoms with Gasteiger partial charge in [-0.1, -0.05) is 23.7 Å². The molecule has 1 aliphatic rings. The first-order chi connectivity index (χ1) is 9.74. The van der Waals surface area contributed by atoms with Crippen LogP contribution >= 0.6 is 11.6 Å². The van der Waals surface area contributed by atoms with Crippen LogP contribution in [-0.4, -0.2) is 18.1 Å². The minimum absolute atomic E-state index is 0.148. The number of halogens is 2. The summed E-state index contributed by atoms with van der Waals surface area (Å²) in [5, 5.41) is -0.148. The van der Waals surface area contributed by atoms with Gasteiger partial charge < -0.3 is 9.64 Å². The van der Waals surface area contributed by atoms with Crippen LogP contribution < -0.4 is 9.64 Å². The quantitative estimate of drug-likeness (QED) is 0.790. The molecule has 2 heterocycles. The van der Waals surface area contributed by atoms with Gasteiger partial charge in [0.05, 0.1) is 11.9 Å². The van der Waals surface area contributed by atoms with Gasteiger partial charge in [-0.05, 0) is 25.0 Å². The van der Waals surface area contributed by atoms with E-state index in [4.69, 9.17) is 16.3 Å². The van der Waals surface area contributed by atoms with Crippen molar-refractivity contribution in [1.82, 2.24) is 4.98 Å². The summed E-state index contributed by atoms with van der Waals surface area (Å²) in [6.07, 6.45) is 3.79. The number of anilines is 1. The zero-order chi connectivity index (χ0) is 13.9. The summed E-state index contributed by atoms with van der Waals surface area (Å²) in [5.41, 5.74) is 1.03. The molecular weight excluding hydrogens is 279 g/mol. The highest BCUT2D eigenvalue weighted by Gasteiger charge is 2.16. The van der Waals surface area contributed by atoms with Gasteiger partial charge in [-0.25, -0.2) is 9.37 Å². The molecule has 2 aromatic rings. The van der Waals surface area contributed by atoms with E-state index in [1.807, 2.05) is 24.3 Å². The molecule has 1 aromatic carbocycles. The van der Waals surface area contributed by atoms with Gasteiger partial charge in [0.15, 0.2) is 16.7 Å². The maximum atomic E-state index is 13.4. The molecule has 0 aliphatic carbocycles. The summed E-state index contributed by atoms with van der Waals surface area (Å²) in [4.78, 5) is 6.03. The monoisotopic (exact) mass is 292 g/mol. The first kappa shape index (κ1) is 13.2. The van der Waals surface area contributed by atoms with Gasteiger partial charge in [-0.15, -0.1) is 0 Å². The molecular formula is C15H14ClFN2O. The lowest BCUT2D eigenvalue weighted by atomic mass is 10.2. The van der Waals surface area contributed by atoms with Crippen molar-refractivity contribution in [2.45, 2.75) is 12.8 Å². The molecule has 0 saturated carbocycles. The zero-order valence-electron chi connectivity index (χ0n) is 10.9. The molecule has 3 nitrogen and oxygen atoms in total. The lowest BCUT2D eigenvalue weighted by Crippen LogP contribution is -2.18. The predicted octanol–water partition coefficient (Wildman–Crippen LogP) is 4.27. The molecule has 0 unspecified atom stereocenters. The van der Waals surface area contributed by atoms with Crippen LogP contribution in [0.25, 0.3) is 0 Å². The van der Waals surface area contributed by atoms with Gasteiger partial charge in [0.25, 0.3) is 0 Å². The Labute approximate surface area is 122 Å². The lowest BCUT2D eigenvalue weighted by molar-refractivity contribution is 0.473. The third-order valence-corrected chi connectivity index (χ3v) is 3.59. The Morgan fingerprint density at radius 2 is 1.95 bits per heavy atom. The normalized spacial score (nSPS) is 14.6. The SMILES string of the molecule is Fc1cc(Oc2ccccc2N2CCCC2)cnc1Cl. The molecule has 1 aromatic heterocycles. The van der Waals surface area contributed by atoms with E-state index in [0.29, 0.717) is 11.5 Å². The van der Waals surface area contributed by atoms with Crippen molar-refractivity contribution < 1.29 is 9.13 Å². The molecule has 0 N–H and O–H groups in total. The molecule has 1 saturated heterocycles. The number of hydrogen-bond donors (Lipinski definition) is 0. The molecule has 104 valence electrons. The molecule has 20 heavy (non-hydrogen) atoms. The van der Waals surface area contributed by atoms with E-state index in [2.05, 4.69) is 9.88 Å². The molecule has 5 heteroatoms. The smallest absolute Gasteiger partial charge is 0.164 e. The fourth-order valence-electron chi connectivity index (χ4n) is 2.35. The Bertz CT molecular complexity index is 615. The van der Waals surface area contributed by atoms with Gasteiger partial charge in [0, 0.05) is 19.2 Å². The molecule has 0 atom stereocenters. The number of nitrogens with zero attached hydrogens (tertiary/aromatic N) is 2. The van der Waals surface area contributed by atoms with E-state index in [-0.39, 0.29) is 5.15 Å². The van der Waals surface area contributed by atoms with E-state index < -0.39 is 5.82 Å². The summed E-state index contributed by atoms with van der Waals surface area (Å²) in [7, 11) is 0. The van der Waals surface area contributed by atoms with Crippen LogP contribution in [0.5, 0.6) is 11.5 Å². The maximum Gasteiger partial charge on any atom is 0.164 e. The molecule has 0 spiro atoms. The van der Waals surface area contributed by atoms with Gasteiger partial charge in [0.2, 0.25) is 0 Å². The zero-order valence-corrected chi connectivity index (χ0v) is 11.6. The van der Waals surface area contributed by atoms with Crippen molar-refractivity contribution in [3.05, 3.63) is 47.5 Å². The van der Waals surface area contributed by atoms with Gasteiger partial charge in [-0.2, -0.15) is 0 Å². The predicted molar refractivity (Wildman–Crippen MR) is 77.2 cm³/mol. The highest BCUT2D eigenvalue weighted by atomic mass is 35.5. The van der Waals surface area contributed by atoms with Gasteiger partial charge >= 0.3 is 0 Å². The average molecular weight is 293 g/mol. The van der Waals surface area contributed by atoms with Crippen LogP contribution in [0, 0.1) is 5.82 Å². The number of rotatable bonds is 3. The third-order valence-electron chi connectivity index (χ3n) is 3.31. The minimum Gasteiger partial charge on any atom is -0.453 e. The lowest BCUT2D eigenvalue weighted by Gasteiger charge is -2.21. The molecule has 3 rings (SSSR count). The number of hydrogen-bond acceptors (Lipinski definition) is 3. The summed E-state index contributed by atoms with van der Waals surface area (Å²) in [6.45, 7) is 2.04. The molecule has 0 bridgehead atoms. The fourth-order valence-corrected chi connectivity index (χ4v) is 2.45. The average Bonchev–Trinajstić information content (AvgIpc) is 2.97. The van der Waals surface area contributed by atoms with Crippen molar-refractivity contribution in [3.63, 3.8) is 0 Å². The van der Waals surface area contributed by atoms with Crippen molar-refractivity contribution in [3.8, 4) is 11.5 Å². The number of aromatic nitrogens is 1. The summed E-state index contributed by atoms with van der Waals surface area (Å²) in [6, 6.07) is 9.01. The Morgan fingerprint density at radius 1 is 1.20 bits per heavy atom. The summed E-state index contributed by atoms with van der Waals surface area (Å²) >= 11 is 5.57. The van der Waals surface area contributed by atoms with Crippen LogP contribution in [0.15, 0.2) is 36.5 Å². The van der Waals surface area contributed by atoms with Crippen LogP contribution in [0.2, 0.25) is 5.15 Å². The fraction of sp³-hybridized carbons (Fsp3) is 0.267. The Morgan fingerprint density at radius 3 is 2.70 bits per heavy atom. The maximum absolute atomic E-state index is 13.4. The van der Waals surface area contributed by atoms with Crippen molar-refractivity contribution in [2.24, 2.45) is 0 Å². The second-order valence-electron chi connectivity index (χ2n) is 4.71. The first-order valence-corrected chi connectivity index (χ1v) is 6.95. The highest BCUT2D eigenvalue weighted by molar-refractivity contribution is 6.29. The van der Waals surface area contributed by atoms with E-state index in [1.165, 1.54) is 25.1 Å². The molecule has 0 radical (unpaired) electrons. The Kier molecular flexibility index (Phi) is 3.74. The third kappa shape index (κ3) is 2.70. The van der Waals surface area contributed by atoms with Crippen molar-refractivity contribution in [2.75, 3.05) is 18.0 Å². The van der Waals surface area contributed by atoms with Gasteiger partial charge in [0.1, 0.15) is 5.75 Å². The number of ether oxygens (including phenoxy) is 1. The number of pyridine rings is 1. The van der Waals surface area contributed by atoms with Crippen LogP contribution in [0.1, 0.15) is 12.8 Å². The topological polar surface area (TPSA) is 25.4 Å². The van der Waals surface area contributed by atoms with Crippen LogP contribution in [0.3, 0.4) is 0 Å². The summed E-state index contributed by atoms with van der Waals surface area (Å²) in [5.74, 6) is 0.472. The minimum atomic E-state index is -0.581. The number of benzene rings is 1. The molecule has 0 amide bonds. The van der Waals surface area contributed by atoms with Crippen LogP contribution in [-0.2, 0) is 0 Å². The molecule has 1 aliphatic heterocycles. The molecule has 1 fully saturated rings. The second kappa shape index (κ2) is 5.67. The first-order valence-electron chi connectivity index (χ1n) is 6.57. The van der Waals surface area contributed by atoms with E-state index >= 15 is 0 Å². The van der Waals surface area contributed by atoms with Crippen molar-refractivity contribution in [1.29, 1.82) is 0 Å². The van der Waals surface area contributed by atoms with Gasteiger partial charge in [-0.3, -0.25) is 0 Å². The largest absolute Gasteiger partial charge is 0.453 e. The van der Waals surface area contributed by atoms with E-state index in [1.54, 1.807) is 0 Å².